The highest BCUT2D eigenvalue weighted by Gasteiger charge is 2.40. The van der Waals surface area contributed by atoms with Gasteiger partial charge in [0.2, 0.25) is 0 Å². The topological polar surface area (TPSA) is 181 Å². The summed E-state index contributed by atoms with van der Waals surface area (Å²) in [6, 6.07) is 8.66. The van der Waals surface area contributed by atoms with E-state index in [0.29, 0.717) is 18.1 Å². The molecule has 302 valence electrons. The molecule has 13 nitrogen and oxygen atoms in total. The summed E-state index contributed by atoms with van der Waals surface area (Å²) in [7, 11) is 6.62. The molecular weight excluding hydrogens is 700 g/mol. The summed E-state index contributed by atoms with van der Waals surface area (Å²) in [6.45, 7) is 16.3. The van der Waals surface area contributed by atoms with Gasteiger partial charge in [0.15, 0.2) is 5.60 Å². The lowest BCUT2D eigenvalue weighted by molar-refractivity contribution is -0.170. The number of aromatic nitrogens is 3. The van der Waals surface area contributed by atoms with Crippen LogP contribution in [0.5, 0.6) is 0 Å². The van der Waals surface area contributed by atoms with Crippen molar-refractivity contribution in [1.82, 2.24) is 29.7 Å². The molecule has 0 bridgehead atoms. The Kier molecular flexibility index (Phi) is 16.9. The SMILES string of the molecule is Cc1cnc(C)c([C@@H]2CCCN2C)c1.Cc1cnc(C)c([C@@H]2CCCN2C)c1.Cc1cnc(C)c([C@@H]2CCCN2C)c1.O=C(O)CC(O)(CC(=O)O)C(=O)O. The number of carboxylic acid groups (broad SMARTS) is 3. The number of aliphatic carboxylic acids is 3. The van der Waals surface area contributed by atoms with Gasteiger partial charge >= 0.3 is 17.9 Å². The molecule has 6 rings (SSSR count). The van der Waals surface area contributed by atoms with Crippen molar-refractivity contribution in [2.75, 3.05) is 40.8 Å². The summed E-state index contributed by atoms with van der Waals surface area (Å²) in [6.07, 6.45) is 11.4. The molecule has 3 atom stereocenters. The lowest BCUT2D eigenvalue weighted by Gasteiger charge is -2.21. The van der Waals surface area contributed by atoms with Crippen molar-refractivity contribution in [3.8, 4) is 0 Å². The van der Waals surface area contributed by atoms with Crippen molar-refractivity contribution >= 4 is 17.9 Å². The average molecular weight is 763 g/mol. The molecule has 55 heavy (non-hydrogen) atoms. The van der Waals surface area contributed by atoms with Crippen LogP contribution in [-0.2, 0) is 14.4 Å². The van der Waals surface area contributed by atoms with Crippen LogP contribution >= 0.6 is 0 Å². The van der Waals surface area contributed by atoms with Gasteiger partial charge in [-0.15, -0.1) is 0 Å². The number of hydrogen-bond donors (Lipinski definition) is 4. The number of carboxylic acids is 3. The fourth-order valence-electron chi connectivity index (χ4n) is 7.62. The smallest absolute Gasteiger partial charge is 0.336 e. The third-order valence-corrected chi connectivity index (χ3v) is 10.7. The summed E-state index contributed by atoms with van der Waals surface area (Å²) in [5, 5.41) is 33.8. The number of aryl methyl sites for hydroxylation is 6. The van der Waals surface area contributed by atoms with E-state index < -0.39 is 36.4 Å². The van der Waals surface area contributed by atoms with E-state index in [1.165, 1.54) is 109 Å². The maximum Gasteiger partial charge on any atom is 0.336 e. The third-order valence-electron chi connectivity index (χ3n) is 10.7. The minimum Gasteiger partial charge on any atom is -0.481 e. The van der Waals surface area contributed by atoms with E-state index in [2.05, 4.69) is 111 Å². The number of pyridine rings is 3. The fourth-order valence-corrected chi connectivity index (χ4v) is 7.62. The fraction of sp³-hybridized carbons (Fsp3) is 0.571. The van der Waals surface area contributed by atoms with E-state index in [9.17, 15) is 14.4 Å². The molecule has 3 fully saturated rings. The van der Waals surface area contributed by atoms with Crippen molar-refractivity contribution in [2.45, 2.75) is 117 Å². The minimum atomic E-state index is -2.74. The van der Waals surface area contributed by atoms with Crippen LogP contribution in [0.1, 0.15) is 120 Å². The Balaban J connectivity index is 0.000000197. The minimum absolute atomic E-state index is 0.599. The van der Waals surface area contributed by atoms with Crippen molar-refractivity contribution in [3.05, 3.63) is 87.3 Å². The summed E-state index contributed by atoms with van der Waals surface area (Å²) in [5.41, 5.74) is 8.90. The molecule has 13 heteroatoms. The lowest BCUT2D eigenvalue weighted by Crippen LogP contribution is -2.42. The average Bonchev–Trinajstić information content (AvgIpc) is 3.85. The Labute approximate surface area is 326 Å². The Hall–Kier alpha value is -4.30. The Morgan fingerprint density at radius 1 is 0.582 bits per heavy atom. The number of nitrogens with zero attached hydrogens (tertiary/aromatic N) is 6. The van der Waals surface area contributed by atoms with Crippen LogP contribution in [0.15, 0.2) is 36.8 Å². The monoisotopic (exact) mass is 762 g/mol. The van der Waals surface area contributed by atoms with Gasteiger partial charge in [0.1, 0.15) is 0 Å². The lowest BCUT2D eigenvalue weighted by atomic mass is 9.96. The van der Waals surface area contributed by atoms with E-state index in [-0.39, 0.29) is 0 Å². The van der Waals surface area contributed by atoms with Crippen LogP contribution < -0.4 is 0 Å². The molecule has 3 aliphatic rings. The van der Waals surface area contributed by atoms with Crippen LogP contribution in [0.4, 0.5) is 0 Å². The van der Waals surface area contributed by atoms with Crippen LogP contribution in [0.3, 0.4) is 0 Å². The second kappa shape index (κ2) is 20.6. The molecular formula is C42H62N6O7. The second-order valence-electron chi connectivity index (χ2n) is 15.5. The van der Waals surface area contributed by atoms with Crippen LogP contribution in [0.2, 0.25) is 0 Å². The molecule has 0 saturated carbocycles. The van der Waals surface area contributed by atoms with E-state index in [1.54, 1.807) is 0 Å². The van der Waals surface area contributed by atoms with Gasteiger partial charge in [0, 0.05) is 53.8 Å². The quantitative estimate of drug-likeness (QED) is 0.206. The summed E-state index contributed by atoms with van der Waals surface area (Å²) in [5.74, 6) is -5.02. The molecule has 3 aromatic rings. The predicted molar refractivity (Wildman–Crippen MR) is 212 cm³/mol. The van der Waals surface area contributed by atoms with Gasteiger partial charge in [0.25, 0.3) is 0 Å². The van der Waals surface area contributed by atoms with Crippen LogP contribution in [0.25, 0.3) is 0 Å². The van der Waals surface area contributed by atoms with Gasteiger partial charge < -0.3 is 20.4 Å². The number of hydrogen-bond acceptors (Lipinski definition) is 10. The first-order valence-electron chi connectivity index (χ1n) is 19.1. The Bertz CT molecular complexity index is 1590. The standard InChI is InChI=1S/3C12H18N2.C6H8O7/c3*1-9-7-11(10(2)13-8-9)12-5-4-6-14(12)3;7-3(8)1-6(13,5(11)12)2-4(9)10/h3*7-8,12H,4-6H2,1-3H3;13H,1-2H2,(H,7,8)(H,9,10)(H,11,12)/t3*12-;/m000./s1. The first kappa shape index (κ1) is 45.1. The number of aliphatic hydroxyl groups is 1. The van der Waals surface area contributed by atoms with E-state index >= 15 is 0 Å². The van der Waals surface area contributed by atoms with Crippen molar-refractivity contribution in [3.63, 3.8) is 0 Å². The van der Waals surface area contributed by atoms with Gasteiger partial charge in [0.05, 0.1) is 12.8 Å². The third kappa shape index (κ3) is 13.2. The van der Waals surface area contributed by atoms with E-state index in [1.807, 2.05) is 18.6 Å². The maximum atomic E-state index is 10.3. The zero-order valence-electron chi connectivity index (χ0n) is 34.2. The maximum absolute atomic E-state index is 10.3. The molecule has 0 spiro atoms. The summed E-state index contributed by atoms with van der Waals surface area (Å²) >= 11 is 0. The van der Waals surface area contributed by atoms with Gasteiger partial charge in [-0.25, -0.2) is 4.79 Å². The Morgan fingerprint density at radius 2 is 0.855 bits per heavy atom. The van der Waals surface area contributed by atoms with Gasteiger partial charge in [-0.1, -0.05) is 18.2 Å². The van der Waals surface area contributed by atoms with Gasteiger partial charge in [-0.3, -0.25) is 39.2 Å². The largest absolute Gasteiger partial charge is 0.481 e. The van der Waals surface area contributed by atoms with Crippen LogP contribution in [0, 0.1) is 41.5 Å². The van der Waals surface area contributed by atoms with Gasteiger partial charge in [-0.2, -0.15) is 0 Å². The summed E-state index contributed by atoms with van der Waals surface area (Å²) < 4.78 is 0. The molecule has 4 N–H and O–H groups in total. The number of likely N-dealkylation sites (tertiary alicyclic amines) is 3. The predicted octanol–water partition coefficient (Wildman–Crippen LogP) is 6.15. The van der Waals surface area contributed by atoms with E-state index in [4.69, 9.17) is 20.4 Å². The highest BCUT2D eigenvalue weighted by Crippen LogP contribution is 2.34. The molecule has 3 aliphatic heterocycles. The first-order valence-corrected chi connectivity index (χ1v) is 19.1. The van der Waals surface area contributed by atoms with E-state index in [0.717, 1.165) is 0 Å². The van der Waals surface area contributed by atoms with Crippen molar-refractivity contribution in [2.24, 2.45) is 0 Å². The molecule has 3 saturated heterocycles. The normalized spacial score (nSPS) is 20.1. The highest BCUT2D eigenvalue weighted by molar-refractivity contribution is 5.88. The zero-order chi connectivity index (χ0) is 41.0. The molecule has 3 aromatic heterocycles. The molecule has 0 unspecified atom stereocenters. The highest BCUT2D eigenvalue weighted by atomic mass is 16.4. The van der Waals surface area contributed by atoms with Gasteiger partial charge in [-0.05, 0) is 154 Å². The van der Waals surface area contributed by atoms with Crippen molar-refractivity contribution in [1.29, 1.82) is 0 Å². The van der Waals surface area contributed by atoms with Crippen LogP contribution in [-0.4, -0.2) is 114 Å². The van der Waals surface area contributed by atoms with Crippen molar-refractivity contribution < 1.29 is 34.8 Å². The summed E-state index contributed by atoms with van der Waals surface area (Å²) in [4.78, 5) is 51.1. The zero-order valence-corrected chi connectivity index (χ0v) is 34.2. The number of rotatable bonds is 8. The first-order chi connectivity index (χ1) is 25.8. The molecule has 0 radical (unpaired) electrons. The Morgan fingerprint density at radius 3 is 1.05 bits per heavy atom. The second-order valence-corrected chi connectivity index (χ2v) is 15.5. The number of carbonyl (C=O) groups is 3. The molecule has 0 amide bonds. The molecule has 0 aliphatic carbocycles. The molecule has 6 heterocycles. The molecule has 0 aromatic carbocycles.